The van der Waals surface area contributed by atoms with E-state index >= 15 is 0 Å². The van der Waals surface area contributed by atoms with E-state index < -0.39 is 11.9 Å². The maximum Gasteiger partial charge on any atom is 0.308 e. The highest BCUT2D eigenvalue weighted by molar-refractivity contribution is 6.32. The predicted molar refractivity (Wildman–Crippen MR) is 62.1 cm³/mol. The largest absolute Gasteiger partial charge is 0.481 e. The number of anilines is 1. The van der Waals surface area contributed by atoms with E-state index in [1.165, 1.54) is 4.90 Å². The molecule has 1 aliphatic rings. The second-order valence-electron chi connectivity index (χ2n) is 4.01. The van der Waals surface area contributed by atoms with Crippen molar-refractivity contribution < 1.29 is 14.7 Å². The molecular weight excluding hydrogens is 244 g/mol. The Hall–Kier alpha value is -1.62. The molecule has 0 bridgehead atoms. The first kappa shape index (κ1) is 11.9. The van der Waals surface area contributed by atoms with Gasteiger partial charge in [-0.15, -0.1) is 0 Å². The highest BCUT2D eigenvalue weighted by Gasteiger charge is 2.36. The molecule has 2 rings (SSSR count). The Labute approximate surface area is 103 Å². The van der Waals surface area contributed by atoms with Crippen LogP contribution >= 0.6 is 11.6 Å². The Bertz CT molecular complexity index is 469. The van der Waals surface area contributed by atoms with Crippen LogP contribution in [0.25, 0.3) is 0 Å². The van der Waals surface area contributed by atoms with E-state index in [0.717, 1.165) is 5.56 Å². The van der Waals surface area contributed by atoms with Crippen LogP contribution in [0, 0.1) is 12.8 Å². The molecule has 0 spiro atoms. The Kier molecular flexibility index (Phi) is 3.02. The van der Waals surface area contributed by atoms with Gasteiger partial charge in [0.05, 0.1) is 11.6 Å². The van der Waals surface area contributed by atoms with Crippen LogP contribution in [-0.2, 0) is 9.59 Å². The smallest absolute Gasteiger partial charge is 0.308 e. The second-order valence-corrected chi connectivity index (χ2v) is 4.37. The summed E-state index contributed by atoms with van der Waals surface area (Å²) >= 11 is 5.95. The van der Waals surface area contributed by atoms with Crippen LogP contribution in [0.3, 0.4) is 0 Å². The normalized spacial score (nSPS) is 19.8. The molecule has 2 heterocycles. The zero-order chi connectivity index (χ0) is 12.6. The molecule has 1 aromatic rings. The molecule has 1 N–H and O–H groups in total. The lowest BCUT2D eigenvalue weighted by atomic mass is 10.1. The molecule has 1 fully saturated rings. The molecule has 1 saturated heterocycles. The van der Waals surface area contributed by atoms with Crippen molar-refractivity contribution in [3.63, 3.8) is 0 Å². The minimum absolute atomic E-state index is 0.0139. The number of aromatic nitrogens is 1. The maximum absolute atomic E-state index is 11.8. The lowest BCUT2D eigenvalue weighted by Gasteiger charge is -2.19. The number of halogens is 1. The molecular formula is C11H11ClN2O3. The summed E-state index contributed by atoms with van der Waals surface area (Å²) in [6.07, 6.45) is 1.57. The average Bonchev–Trinajstić information content (AvgIpc) is 2.61. The molecule has 17 heavy (non-hydrogen) atoms. The summed E-state index contributed by atoms with van der Waals surface area (Å²) in [6.45, 7) is 1.96. The third kappa shape index (κ3) is 2.10. The number of carbonyl (C=O) groups is 2. The van der Waals surface area contributed by atoms with Gasteiger partial charge >= 0.3 is 5.97 Å². The van der Waals surface area contributed by atoms with Gasteiger partial charge in [-0.25, -0.2) is 4.98 Å². The number of carbonyl (C=O) groups excluding carboxylic acids is 1. The fraction of sp³-hybridized carbons (Fsp3) is 0.364. The maximum atomic E-state index is 11.8. The fourth-order valence-corrected chi connectivity index (χ4v) is 2.24. The van der Waals surface area contributed by atoms with Gasteiger partial charge in [-0.1, -0.05) is 11.6 Å². The zero-order valence-electron chi connectivity index (χ0n) is 9.18. The Morgan fingerprint density at radius 1 is 1.65 bits per heavy atom. The van der Waals surface area contributed by atoms with Gasteiger partial charge < -0.3 is 10.0 Å². The van der Waals surface area contributed by atoms with E-state index in [2.05, 4.69) is 4.98 Å². The van der Waals surface area contributed by atoms with Crippen LogP contribution in [-0.4, -0.2) is 28.5 Å². The van der Waals surface area contributed by atoms with Crippen molar-refractivity contribution in [2.45, 2.75) is 13.3 Å². The third-order valence-corrected chi connectivity index (χ3v) is 3.10. The summed E-state index contributed by atoms with van der Waals surface area (Å²) in [5, 5.41) is 9.13. The number of carboxylic acid groups (broad SMARTS) is 1. The molecule has 0 aromatic carbocycles. The second kappa shape index (κ2) is 4.33. The molecule has 1 aromatic heterocycles. The minimum atomic E-state index is -0.960. The van der Waals surface area contributed by atoms with E-state index in [1.54, 1.807) is 12.3 Å². The van der Waals surface area contributed by atoms with Crippen molar-refractivity contribution in [2.75, 3.05) is 11.4 Å². The monoisotopic (exact) mass is 254 g/mol. The lowest BCUT2D eigenvalue weighted by molar-refractivity contribution is -0.141. The van der Waals surface area contributed by atoms with Gasteiger partial charge in [-0.05, 0) is 18.6 Å². The molecule has 0 saturated carbocycles. The number of aryl methyl sites for hydroxylation is 1. The summed E-state index contributed by atoms with van der Waals surface area (Å²) < 4.78 is 0. The van der Waals surface area contributed by atoms with Crippen LogP contribution in [0.15, 0.2) is 12.3 Å². The van der Waals surface area contributed by atoms with Crippen LogP contribution in [0.1, 0.15) is 12.0 Å². The van der Waals surface area contributed by atoms with Crippen molar-refractivity contribution in [1.82, 2.24) is 4.98 Å². The molecule has 1 amide bonds. The third-order valence-electron chi connectivity index (χ3n) is 2.83. The van der Waals surface area contributed by atoms with Gasteiger partial charge in [-0.3, -0.25) is 9.59 Å². The Morgan fingerprint density at radius 2 is 2.35 bits per heavy atom. The lowest BCUT2D eigenvalue weighted by Crippen LogP contribution is -2.27. The van der Waals surface area contributed by atoms with E-state index in [4.69, 9.17) is 16.7 Å². The van der Waals surface area contributed by atoms with Crippen molar-refractivity contribution in [1.29, 1.82) is 0 Å². The molecule has 90 valence electrons. The topological polar surface area (TPSA) is 70.5 Å². The average molecular weight is 255 g/mol. The van der Waals surface area contributed by atoms with Crippen LogP contribution < -0.4 is 4.90 Å². The van der Waals surface area contributed by atoms with Crippen molar-refractivity contribution in [3.05, 3.63) is 23.0 Å². The number of pyridine rings is 1. The molecule has 1 unspecified atom stereocenters. The van der Waals surface area contributed by atoms with Gasteiger partial charge in [-0.2, -0.15) is 0 Å². The van der Waals surface area contributed by atoms with Crippen LogP contribution in [0.4, 0.5) is 5.69 Å². The SMILES string of the molecule is Cc1ccnc(Cl)c1N1CC(C(=O)O)CC1=O. The molecule has 5 nitrogen and oxygen atoms in total. The van der Waals surface area contributed by atoms with E-state index in [9.17, 15) is 9.59 Å². The van der Waals surface area contributed by atoms with Crippen LogP contribution in [0.5, 0.6) is 0 Å². The number of hydrogen-bond donors (Lipinski definition) is 1. The summed E-state index contributed by atoms with van der Waals surface area (Å²) in [5.74, 6) is -1.85. The Morgan fingerprint density at radius 3 is 2.88 bits per heavy atom. The summed E-state index contributed by atoms with van der Waals surface area (Å²) in [7, 11) is 0. The molecule has 1 atom stereocenters. The molecule has 1 aliphatic heterocycles. The minimum Gasteiger partial charge on any atom is -0.481 e. The summed E-state index contributed by atoms with van der Waals surface area (Å²) in [6, 6.07) is 1.74. The number of carboxylic acids is 1. The number of aliphatic carboxylic acids is 1. The van der Waals surface area contributed by atoms with Gasteiger partial charge in [0, 0.05) is 19.2 Å². The van der Waals surface area contributed by atoms with E-state index in [0.29, 0.717) is 5.69 Å². The van der Waals surface area contributed by atoms with E-state index in [-0.39, 0.29) is 24.0 Å². The van der Waals surface area contributed by atoms with Gasteiger partial charge in [0.15, 0.2) is 5.15 Å². The number of hydrogen-bond acceptors (Lipinski definition) is 3. The first-order valence-electron chi connectivity index (χ1n) is 5.15. The molecule has 6 heteroatoms. The van der Waals surface area contributed by atoms with Crippen molar-refractivity contribution in [2.24, 2.45) is 5.92 Å². The quantitative estimate of drug-likeness (QED) is 0.812. The summed E-state index contributed by atoms with van der Waals surface area (Å²) in [5.41, 5.74) is 1.33. The highest BCUT2D eigenvalue weighted by Crippen LogP contribution is 2.32. The highest BCUT2D eigenvalue weighted by atomic mass is 35.5. The van der Waals surface area contributed by atoms with Gasteiger partial charge in [0.1, 0.15) is 0 Å². The Balaban J connectivity index is 2.35. The fourth-order valence-electron chi connectivity index (χ4n) is 1.93. The number of nitrogens with zero attached hydrogens (tertiary/aromatic N) is 2. The van der Waals surface area contributed by atoms with Gasteiger partial charge in [0.25, 0.3) is 0 Å². The molecule has 0 aliphatic carbocycles. The molecule has 0 radical (unpaired) electrons. The zero-order valence-corrected chi connectivity index (χ0v) is 9.94. The van der Waals surface area contributed by atoms with E-state index in [1.807, 2.05) is 6.92 Å². The van der Waals surface area contributed by atoms with Crippen LogP contribution in [0.2, 0.25) is 5.15 Å². The summed E-state index contributed by atoms with van der Waals surface area (Å²) in [4.78, 5) is 28.0. The number of rotatable bonds is 2. The van der Waals surface area contributed by atoms with Crippen molar-refractivity contribution in [3.8, 4) is 0 Å². The number of amides is 1. The first-order chi connectivity index (χ1) is 8.00. The standard InChI is InChI=1S/C11H11ClN2O3/c1-6-2-3-13-10(12)9(6)14-5-7(11(16)17)4-8(14)15/h2-3,7H,4-5H2,1H3,(H,16,17). The van der Waals surface area contributed by atoms with Gasteiger partial charge in [0.2, 0.25) is 5.91 Å². The predicted octanol–water partition coefficient (Wildman–Crippen LogP) is 1.48. The first-order valence-corrected chi connectivity index (χ1v) is 5.52. The van der Waals surface area contributed by atoms with Crippen molar-refractivity contribution >= 4 is 29.2 Å².